The predicted octanol–water partition coefficient (Wildman–Crippen LogP) is 2.92. The van der Waals surface area contributed by atoms with Crippen molar-refractivity contribution in [2.75, 3.05) is 6.54 Å². The summed E-state index contributed by atoms with van der Waals surface area (Å²) in [6.45, 7) is 7.26. The van der Waals surface area contributed by atoms with E-state index in [0.717, 1.165) is 12.5 Å². The molecule has 2 fully saturated rings. The molecule has 1 aliphatic carbocycles. The fourth-order valence-corrected chi connectivity index (χ4v) is 3.88. The van der Waals surface area contributed by atoms with E-state index in [0.29, 0.717) is 5.92 Å². The normalized spacial score (nSPS) is 29.0. The first-order valence-electron chi connectivity index (χ1n) is 7.19. The van der Waals surface area contributed by atoms with Gasteiger partial charge in [0.05, 0.1) is 6.04 Å². The van der Waals surface area contributed by atoms with Gasteiger partial charge in [-0.3, -0.25) is 10.1 Å². The summed E-state index contributed by atoms with van der Waals surface area (Å²) in [6, 6.07) is 4.23. The molecule has 19 heavy (non-hydrogen) atoms. The maximum absolute atomic E-state index is 12.3. The summed E-state index contributed by atoms with van der Waals surface area (Å²) in [7, 11) is 0. The van der Waals surface area contributed by atoms with Crippen molar-refractivity contribution in [2.24, 2.45) is 11.8 Å². The molecular formula is C15H22N2OS. The molecule has 104 valence electrons. The van der Waals surface area contributed by atoms with Crippen molar-refractivity contribution in [3.8, 4) is 0 Å². The summed E-state index contributed by atoms with van der Waals surface area (Å²) >= 11 is 1.79. The topological polar surface area (TPSA) is 32.3 Å². The number of carbonyl (C=O) groups excluding carboxylic acids is 1. The van der Waals surface area contributed by atoms with Gasteiger partial charge in [0.15, 0.2) is 0 Å². The lowest BCUT2D eigenvalue weighted by Crippen LogP contribution is -2.34. The number of thiophene rings is 1. The fourth-order valence-electron chi connectivity index (χ4n) is 2.93. The number of carbonyl (C=O) groups is 1. The minimum Gasteiger partial charge on any atom is -0.320 e. The van der Waals surface area contributed by atoms with Crippen LogP contribution in [0.2, 0.25) is 0 Å². The lowest BCUT2D eigenvalue weighted by molar-refractivity contribution is -0.130. The summed E-state index contributed by atoms with van der Waals surface area (Å²) in [6.07, 6.45) is 2.77. The maximum atomic E-state index is 12.3. The Kier molecular flexibility index (Phi) is 3.39. The lowest BCUT2D eigenvalue weighted by Gasteiger charge is -2.26. The highest BCUT2D eigenvalue weighted by molar-refractivity contribution is 7.12. The predicted molar refractivity (Wildman–Crippen MR) is 78.0 cm³/mol. The molecule has 1 amide bonds. The van der Waals surface area contributed by atoms with Gasteiger partial charge in [-0.25, -0.2) is 0 Å². The lowest BCUT2D eigenvalue weighted by atomic mass is 10.1. The Bertz CT molecular complexity index is 480. The Labute approximate surface area is 119 Å². The Morgan fingerprint density at radius 1 is 1.47 bits per heavy atom. The van der Waals surface area contributed by atoms with Gasteiger partial charge >= 0.3 is 0 Å². The third-order valence-electron chi connectivity index (χ3n) is 4.32. The number of aryl methyl sites for hydroxylation is 1. The van der Waals surface area contributed by atoms with Crippen LogP contribution in [0.1, 0.15) is 42.6 Å². The molecule has 1 aromatic rings. The largest absolute Gasteiger partial charge is 0.320 e. The van der Waals surface area contributed by atoms with E-state index < -0.39 is 0 Å². The maximum Gasteiger partial charge on any atom is 0.241 e. The van der Waals surface area contributed by atoms with E-state index in [4.69, 9.17) is 0 Å². The van der Waals surface area contributed by atoms with Gasteiger partial charge in [-0.1, -0.05) is 6.92 Å². The zero-order chi connectivity index (χ0) is 13.6. The van der Waals surface area contributed by atoms with E-state index in [1.807, 2.05) is 6.92 Å². The van der Waals surface area contributed by atoms with Gasteiger partial charge in [-0.05, 0) is 50.7 Å². The van der Waals surface area contributed by atoms with Crippen LogP contribution in [0.25, 0.3) is 0 Å². The fraction of sp³-hybridized carbons (Fsp3) is 0.667. The van der Waals surface area contributed by atoms with E-state index in [9.17, 15) is 4.79 Å². The van der Waals surface area contributed by atoms with Crippen LogP contribution in [0.15, 0.2) is 12.1 Å². The van der Waals surface area contributed by atoms with E-state index in [1.165, 1.54) is 22.6 Å². The summed E-state index contributed by atoms with van der Waals surface area (Å²) in [5, 5.41) is 3.43. The minimum atomic E-state index is -0.0567. The summed E-state index contributed by atoms with van der Waals surface area (Å²) in [4.78, 5) is 17.0. The first-order chi connectivity index (χ1) is 9.06. The minimum absolute atomic E-state index is 0.0567. The number of amides is 1. The van der Waals surface area contributed by atoms with Gasteiger partial charge < -0.3 is 4.90 Å². The van der Waals surface area contributed by atoms with Crippen molar-refractivity contribution in [1.29, 1.82) is 0 Å². The quantitative estimate of drug-likeness (QED) is 0.918. The van der Waals surface area contributed by atoms with Crippen LogP contribution in [-0.4, -0.2) is 23.4 Å². The SMILES string of the molecule is Cc1ccc(C2NC(C)C(=O)N2CC(C)C2CC2)s1. The first kappa shape index (κ1) is 13.1. The first-order valence-corrected chi connectivity index (χ1v) is 8.01. The van der Waals surface area contributed by atoms with Gasteiger partial charge in [-0.15, -0.1) is 11.3 Å². The van der Waals surface area contributed by atoms with Crippen LogP contribution < -0.4 is 5.32 Å². The summed E-state index contributed by atoms with van der Waals surface area (Å²) in [5.74, 6) is 1.72. The molecule has 0 aromatic carbocycles. The number of hydrogen-bond acceptors (Lipinski definition) is 3. The molecule has 1 saturated carbocycles. The van der Waals surface area contributed by atoms with Crippen molar-refractivity contribution < 1.29 is 4.79 Å². The average molecular weight is 278 g/mol. The molecule has 3 rings (SSSR count). The van der Waals surface area contributed by atoms with Gasteiger partial charge in [-0.2, -0.15) is 0 Å². The Hall–Kier alpha value is -0.870. The number of rotatable bonds is 4. The average Bonchev–Trinajstić information content (AvgIpc) is 3.09. The smallest absolute Gasteiger partial charge is 0.241 e. The molecule has 1 N–H and O–H groups in total. The molecule has 0 spiro atoms. The van der Waals surface area contributed by atoms with Crippen LogP contribution >= 0.6 is 11.3 Å². The van der Waals surface area contributed by atoms with Crippen molar-refractivity contribution in [3.63, 3.8) is 0 Å². The van der Waals surface area contributed by atoms with Crippen molar-refractivity contribution in [1.82, 2.24) is 10.2 Å². The Morgan fingerprint density at radius 2 is 2.21 bits per heavy atom. The standard InChI is InChI=1S/C15H22N2OS/c1-9(12-5-6-12)8-17-14(16-11(3)15(17)18)13-7-4-10(2)19-13/h4,7,9,11-12,14,16H,5-6,8H2,1-3H3. The van der Waals surface area contributed by atoms with Crippen LogP contribution in [0.5, 0.6) is 0 Å². The second kappa shape index (κ2) is 4.91. The molecular weight excluding hydrogens is 256 g/mol. The molecule has 2 aliphatic rings. The zero-order valence-electron chi connectivity index (χ0n) is 11.8. The molecule has 4 heteroatoms. The Balaban J connectivity index is 1.78. The van der Waals surface area contributed by atoms with Gasteiger partial charge in [0.25, 0.3) is 0 Å². The third kappa shape index (κ3) is 2.56. The van der Waals surface area contributed by atoms with Gasteiger partial charge in [0, 0.05) is 16.3 Å². The van der Waals surface area contributed by atoms with Crippen LogP contribution in [0.3, 0.4) is 0 Å². The molecule has 3 atom stereocenters. The third-order valence-corrected chi connectivity index (χ3v) is 5.37. The molecule has 1 aliphatic heterocycles. The van der Waals surface area contributed by atoms with Gasteiger partial charge in [0.2, 0.25) is 5.91 Å². The highest BCUT2D eigenvalue weighted by Crippen LogP contribution is 2.39. The zero-order valence-corrected chi connectivity index (χ0v) is 12.7. The molecule has 2 heterocycles. The molecule has 0 radical (unpaired) electrons. The summed E-state index contributed by atoms with van der Waals surface area (Å²) in [5.41, 5.74) is 0. The number of hydrogen-bond donors (Lipinski definition) is 1. The highest BCUT2D eigenvalue weighted by Gasteiger charge is 2.40. The van der Waals surface area contributed by atoms with Crippen molar-refractivity contribution >= 4 is 17.2 Å². The molecule has 0 bridgehead atoms. The molecule has 3 unspecified atom stereocenters. The van der Waals surface area contributed by atoms with E-state index in [2.05, 4.69) is 36.2 Å². The van der Waals surface area contributed by atoms with Crippen LogP contribution in [0, 0.1) is 18.8 Å². The molecule has 1 saturated heterocycles. The summed E-state index contributed by atoms with van der Waals surface area (Å²) < 4.78 is 0. The number of nitrogens with zero attached hydrogens (tertiary/aromatic N) is 1. The van der Waals surface area contributed by atoms with Crippen molar-refractivity contribution in [3.05, 3.63) is 21.9 Å². The monoisotopic (exact) mass is 278 g/mol. The second-order valence-corrected chi connectivity index (χ2v) is 7.36. The highest BCUT2D eigenvalue weighted by atomic mass is 32.1. The van der Waals surface area contributed by atoms with E-state index in [1.54, 1.807) is 11.3 Å². The second-order valence-electron chi connectivity index (χ2n) is 6.04. The molecule has 3 nitrogen and oxygen atoms in total. The van der Waals surface area contributed by atoms with Crippen molar-refractivity contribution in [2.45, 2.75) is 45.8 Å². The Morgan fingerprint density at radius 3 is 2.79 bits per heavy atom. The molecule has 1 aromatic heterocycles. The van der Waals surface area contributed by atoms with Crippen LogP contribution in [-0.2, 0) is 4.79 Å². The van der Waals surface area contributed by atoms with E-state index in [-0.39, 0.29) is 18.1 Å². The van der Waals surface area contributed by atoms with Gasteiger partial charge in [0.1, 0.15) is 6.17 Å². The van der Waals surface area contributed by atoms with Crippen LogP contribution in [0.4, 0.5) is 0 Å². The number of nitrogens with one attached hydrogen (secondary N) is 1. The van der Waals surface area contributed by atoms with E-state index >= 15 is 0 Å².